The van der Waals surface area contributed by atoms with Crippen LogP contribution in [0.5, 0.6) is 0 Å². The van der Waals surface area contributed by atoms with E-state index in [-0.39, 0.29) is 5.69 Å². The lowest BCUT2D eigenvalue weighted by Gasteiger charge is -2.22. The van der Waals surface area contributed by atoms with Gasteiger partial charge in [-0.3, -0.25) is 9.59 Å². The second-order valence-corrected chi connectivity index (χ2v) is 5.59. The summed E-state index contributed by atoms with van der Waals surface area (Å²) in [6.07, 6.45) is -4.66. The largest absolute Gasteiger partial charge is 0.417 e. The van der Waals surface area contributed by atoms with E-state index in [2.05, 4.69) is 5.32 Å². The standard InChI is InChI=1S/C17H14ClF3N2O2/c1-11(24)23(10-16(25)22-12-5-3-2-4-6-12)13-7-8-15(18)14(9-13)17(19,20)21/h2-9H,10H2,1H3,(H,22,25). The monoisotopic (exact) mass is 370 g/mol. The molecule has 132 valence electrons. The fraction of sp³-hybridized carbons (Fsp3) is 0.176. The SMILES string of the molecule is CC(=O)N(CC(=O)Nc1ccccc1)c1ccc(Cl)c(C(F)(F)F)c1. The molecule has 0 saturated heterocycles. The van der Waals surface area contributed by atoms with Crippen LogP contribution in [-0.2, 0) is 15.8 Å². The summed E-state index contributed by atoms with van der Waals surface area (Å²) in [6.45, 7) is 0.737. The van der Waals surface area contributed by atoms with Gasteiger partial charge in [0.25, 0.3) is 0 Å². The first-order chi connectivity index (χ1) is 11.7. The molecule has 0 aliphatic rings. The van der Waals surface area contributed by atoms with Crippen LogP contribution in [0.1, 0.15) is 12.5 Å². The van der Waals surface area contributed by atoms with Gasteiger partial charge in [0.2, 0.25) is 11.8 Å². The summed E-state index contributed by atoms with van der Waals surface area (Å²) < 4.78 is 38.9. The molecule has 0 saturated carbocycles. The van der Waals surface area contributed by atoms with Gasteiger partial charge in [-0.1, -0.05) is 29.8 Å². The molecule has 0 fully saturated rings. The molecule has 2 amide bonds. The fourth-order valence-electron chi connectivity index (χ4n) is 2.15. The van der Waals surface area contributed by atoms with Gasteiger partial charge in [0, 0.05) is 18.3 Å². The minimum atomic E-state index is -4.66. The van der Waals surface area contributed by atoms with E-state index in [1.165, 1.54) is 6.07 Å². The number of carbonyl (C=O) groups is 2. The Morgan fingerprint density at radius 3 is 2.32 bits per heavy atom. The van der Waals surface area contributed by atoms with Crippen molar-refractivity contribution in [2.75, 3.05) is 16.8 Å². The number of para-hydroxylation sites is 1. The Bertz CT molecular complexity index is 779. The van der Waals surface area contributed by atoms with Crippen molar-refractivity contribution in [2.24, 2.45) is 0 Å². The number of nitrogens with one attached hydrogen (secondary N) is 1. The van der Waals surface area contributed by atoms with Crippen LogP contribution in [0.3, 0.4) is 0 Å². The number of carbonyl (C=O) groups excluding carboxylic acids is 2. The van der Waals surface area contributed by atoms with Crippen molar-refractivity contribution in [1.29, 1.82) is 0 Å². The van der Waals surface area contributed by atoms with E-state index in [0.29, 0.717) is 5.69 Å². The third kappa shape index (κ3) is 4.96. The second-order valence-electron chi connectivity index (χ2n) is 5.18. The molecule has 2 aromatic carbocycles. The number of hydrogen-bond donors (Lipinski definition) is 1. The molecule has 0 aromatic heterocycles. The Balaban J connectivity index is 2.24. The van der Waals surface area contributed by atoms with Crippen LogP contribution >= 0.6 is 11.6 Å². The normalized spacial score (nSPS) is 11.1. The van der Waals surface area contributed by atoms with E-state index in [9.17, 15) is 22.8 Å². The lowest BCUT2D eigenvalue weighted by Crippen LogP contribution is -2.36. The summed E-state index contributed by atoms with van der Waals surface area (Å²) in [7, 11) is 0. The highest BCUT2D eigenvalue weighted by Gasteiger charge is 2.34. The third-order valence-electron chi connectivity index (χ3n) is 3.31. The summed E-state index contributed by atoms with van der Waals surface area (Å²) in [5.41, 5.74) is -0.614. The van der Waals surface area contributed by atoms with Gasteiger partial charge in [0.05, 0.1) is 10.6 Å². The minimum Gasteiger partial charge on any atom is -0.325 e. The highest BCUT2D eigenvalue weighted by Crippen LogP contribution is 2.37. The van der Waals surface area contributed by atoms with Gasteiger partial charge in [-0.2, -0.15) is 13.2 Å². The van der Waals surface area contributed by atoms with E-state index < -0.39 is 35.1 Å². The average Bonchev–Trinajstić information content (AvgIpc) is 2.53. The van der Waals surface area contributed by atoms with Crippen molar-refractivity contribution in [2.45, 2.75) is 13.1 Å². The molecule has 1 N–H and O–H groups in total. The number of benzene rings is 2. The van der Waals surface area contributed by atoms with Crippen molar-refractivity contribution in [3.8, 4) is 0 Å². The maximum absolute atomic E-state index is 13.0. The van der Waals surface area contributed by atoms with E-state index in [4.69, 9.17) is 11.6 Å². The van der Waals surface area contributed by atoms with Crippen molar-refractivity contribution >= 4 is 34.8 Å². The first-order valence-corrected chi connectivity index (χ1v) is 7.56. The zero-order valence-corrected chi connectivity index (χ0v) is 13.9. The number of rotatable bonds is 4. The van der Waals surface area contributed by atoms with Crippen LogP contribution in [0, 0.1) is 0 Å². The molecule has 0 aliphatic heterocycles. The number of alkyl halides is 3. The number of hydrogen-bond acceptors (Lipinski definition) is 2. The van der Waals surface area contributed by atoms with Crippen molar-refractivity contribution < 1.29 is 22.8 Å². The molecule has 0 bridgehead atoms. The van der Waals surface area contributed by atoms with E-state index in [0.717, 1.165) is 24.0 Å². The Morgan fingerprint density at radius 1 is 1.12 bits per heavy atom. The molecule has 8 heteroatoms. The zero-order chi connectivity index (χ0) is 18.6. The Kier molecular flexibility index (Phi) is 5.69. The molecular formula is C17H14ClF3N2O2. The predicted octanol–water partition coefficient (Wildman–Crippen LogP) is 4.35. The van der Waals surface area contributed by atoms with Crippen molar-refractivity contribution in [1.82, 2.24) is 0 Å². The smallest absolute Gasteiger partial charge is 0.325 e. The lowest BCUT2D eigenvalue weighted by molar-refractivity contribution is -0.137. The third-order valence-corrected chi connectivity index (χ3v) is 3.64. The lowest BCUT2D eigenvalue weighted by atomic mass is 10.1. The fourth-order valence-corrected chi connectivity index (χ4v) is 2.37. The molecule has 0 atom stereocenters. The van der Waals surface area contributed by atoms with Crippen molar-refractivity contribution in [3.05, 3.63) is 59.1 Å². The molecule has 2 rings (SSSR count). The van der Waals surface area contributed by atoms with Gasteiger partial charge in [-0.15, -0.1) is 0 Å². The van der Waals surface area contributed by atoms with Gasteiger partial charge < -0.3 is 10.2 Å². The highest BCUT2D eigenvalue weighted by atomic mass is 35.5. The Labute approximate surface area is 147 Å². The number of amides is 2. The Morgan fingerprint density at radius 2 is 1.76 bits per heavy atom. The van der Waals surface area contributed by atoms with E-state index >= 15 is 0 Å². The maximum atomic E-state index is 13.0. The topological polar surface area (TPSA) is 49.4 Å². The summed E-state index contributed by atoms with van der Waals surface area (Å²) >= 11 is 5.58. The van der Waals surface area contributed by atoms with Crippen LogP contribution < -0.4 is 10.2 Å². The molecule has 4 nitrogen and oxygen atoms in total. The quantitative estimate of drug-likeness (QED) is 0.869. The number of halogens is 4. The van der Waals surface area contributed by atoms with Crippen molar-refractivity contribution in [3.63, 3.8) is 0 Å². The molecule has 0 aliphatic carbocycles. The molecule has 0 heterocycles. The molecule has 0 spiro atoms. The van der Waals surface area contributed by atoms with E-state index in [1.54, 1.807) is 30.3 Å². The summed E-state index contributed by atoms with van der Waals surface area (Å²) in [6, 6.07) is 11.6. The number of nitrogens with zero attached hydrogens (tertiary/aromatic N) is 1. The van der Waals surface area contributed by atoms with Crippen LogP contribution in [0.25, 0.3) is 0 Å². The van der Waals surface area contributed by atoms with E-state index in [1.807, 2.05) is 0 Å². The molecule has 25 heavy (non-hydrogen) atoms. The first-order valence-electron chi connectivity index (χ1n) is 7.18. The summed E-state index contributed by atoms with van der Waals surface area (Å²) in [5, 5.41) is 2.09. The summed E-state index contributed by atoms with van der Waals surface area (Å²) in [5.74, 6) is -1.11. The highest BCUT2D eigenvalue weighted by molar-refractivity contribution is 6.31. The van der Waals surface area contributed by atoms with Gasteiger partial charge >= 0.3 is 6.18 Å². The van der Waals surface area contributed by atoms with Gasteiger partial charge in [-0.25, -0.2) is 0 Å². The average molecular weight is 371 g/mol. The molecular weight excluding hydrogens is 357 g/mol. The predicted molar refractivity (Wildman–Crippen MR) is 89.6 cm³/mol. The van der Waals surface area contributed by atoms with Crippen LogP contribution in [0.15, 0.2) is 48.5 Å². The maximum Gasteiger partial charge on any atom is 0.417 e. The van der Waals surface area contributed by atoms with Crippen LogP contribution in [-0.4, -0.2) is 18.4 Å². The van der Waals surface area contributed by atoms with Gasteiger partial charge in [-0.05, 0) is 30.3 Å². The molecule has 0 radical (unpaired) electrons. The summed E-state index contributed by atoms with van der Waals surface area (Å²) in [4.78, 5) is 24.9. The zero-order valence-electron chi connectivity index (χ0n) is 13.1. The first kappa shape index (κ1) is 18.8. The number of anilines is 2. The Hall–Kier alpha value is -2.54. The minimum absolute atomic E-state index is 0.0626. The van der Waals surface area contributed by atoms with Gasteiger partial charge in [0.15, 0.2) is 0 Å². The van der Waals surface area contributed by atoms with Crippen LogP contribution in [0.2, 0.25) is 5.02 Å². The van der Waals surface area contributed by atoms with Crippen LogP contribution in [0.4, 0.5) is 24.5 Å². The van der Waals surface area contributed by atoms with Gasteiger partial charge in [0.1, 0.15) is 6.54 Å². The molecule has 0 unspecified atom stereocenters. The molecule has 2 aromatic rings. The second kappa shape index (κ2) is 7.57.